The minimum absolute atomic E-state index is 0.00802. The predicted octanol–water partition coefficient (Wildman–Crippen LogP) is 5.90. The molecule has 1 aliphatic rings. The third kappa shape index (κ3) is 6.41. The molecule has 3 aromatic carbocycles. The summed E-state index contributed by atoms with van der Waals surface area (Å²) in [4.78, 5) is 37.6. The number of amides is 3. The number of carboxylic acids is 1. The third-order valence-corrected chi connectivity index (χ3v) is 6.63. The van der Waals surface area contributed by atoms with Gasteiger partial charge in [-0.05, 0) is 66.9 Å². The van der Waals surface area contributed by atoms with Crippen LogP contribution in [0.5, 0.6) is 5.75 Å². The molecular formula is C28H27ClFN3O5. The Balaban J connectivity index is 1.35. The molecule has 38 heavy (non-hydrogen) atoms. The molecule has 0 unspecified atom stereocenters. The van der Waals surface area contributed by atoms with E-state index in [-0.39, 0.29) is 37.5 Å². The first-order valence-corrected chi connectivity index (χ1v) is 12.4. The molecule has 198 valence electrons. The first-order chi connectivity index (χ1) is 18.1. The molecule has 0 saturated carbocycles. The zero-order valence-corrected chi connectivity index (χ0v) is 21.4. The van der Waals surface area contributed by atoms with Gasteiger partial charge in [0.2, 0.25) is 11.7 Å². The number of halogens is 2. The van der Waals surface area contributed by atoms with Crippen molar-refractivity contribution < 1.29 is 28.6 Å². The van der Waals surface area contributed by atoms with E-state index >= 15 is 4.39 Å². The predicted molar refractivity (Wildman–Crippen MR) is 143 cm³/mol. The molecule has 0 aliphatic carbocycles. The quantitative estimate of drug-likeness (QED) is 0.309. The van der Waals surface area contributed by atoms with E-state index in [4.69, 9.17) is 21.4 Å². The van der Waals surface area contributed by atoms with Crippen LogP contribution in [0.1, 0.15) is 34.3 Å². The molecule has 1 saturated heterocycles. The summed E-state index contributed by atoms with van der Waals surface area (Å²) in [7, 11) is 0. The van der Waals surface area contributed by atoms with Gasteiger partial charge in [-0.3, -0.25) is 4.79 Å². The van der Waals surface area contributed by atoms with Crippen LogP contribution in [0.4, 0.5) is 20.6 Å². The highest BCUT2D eigenvalue weighted by molar-refractivity contribution is 6.33. The number of benzene rings is 3. The van der Waals surface area contributed by atoms with Crippen molar-refractivity contribution in [1.29, 1.82) is 0 Å². The average Bonchev–Trinajstić information content (AvgIpc) is 3.28. The van der Waals surface area contributed by atoms with Gasteiger partial charge in [-0.2, -0.15) is 0 Å². The molecule has 3 amide bonds. The Labute approximate surface area is 224 Å². The molecule has 0 bridgehead atoms. The average molecular weight is 540 g/mol. The monoisotopic (exact) mass is 539 g/mol. The number of carbonyl (C=O) groups excluding carboxylic acids is 2. The van der Waals surface area contributed by atoms with Gasteiger partial charge in [-0.15, -0.1) is 0 Å². The van der Waals surface area contributed by atoms with Crippen LogP contribution >= 0.6 is 11.6 Å². The Morgan fingerprint density at radius 3 is 2.45 bits per heavy atom. The van der Waals surface area contributed by atoms with E-state index in [1.54, 1.807) is 49.4 Å². The number of rotatable bonds is 8. The van der Waals surface area contributed by atoms with Gasteiger partial charge >= 0.3 is 12.0 Å². The number of carboxylic acid groups (broad SMARTS) is 1. The second-order valence-corrected chi connectivity index (χ2v) is 9.48. The lowest BCUT2D eigenvalue weighted by molar-refractivity contribution is -0.144. The number of anilines is 2. The molecule has 10 heteroatoms. The van der Waals surface area contributed by atoms with E-state index in [1.165, 1.54) is 29.2 Å². The van der Waals surface area contributed by atoms with Crippen molar-refractivity contribution in [3.05, 3.63) is 88.4 Å². The van der Waals surface area contributed by atoms with Gasteiger partial charge in [0.25, 0.3) is 0 Å². The Morgan fingerprint density at radius 2 is 1.76 bits per heavy atom. The summed E-state index contributed by atoms with van der Waals surface area (Å²) in [5.41, 5.74) is 2.57. The van der Waals surface area contributed by atoms with E-state index in [2.05, 4.69) is 10.6 Å². The fourth-order valence-electron chi connectivity index (χ4n) is 4.31. The zero-order valence-electron chi connectivity index (χ0n) is 20.7. The van der Waals surface area contributed by atoms with E-state index in [0.717, 1.165) is 5.56 Å². The maximum absolute atomic E-state index is 15.7. The zero-order chi connectivity index (χ0) is 27.3. The number of nitrogens with one attached hydrogen (secondary N) is 2. The number of aryl methyl sites for hydroxylation is 1. The number of urea groups is 1. The molecule has 1 aliphatic heterocycles. The SMILES string of the molecule is Cc1cc(CC(=O)N2CCC[C@]2(F)COc2ccc(C(=O)O)cc2)ccc1NC(=O)Nc1ccccc1Cl. The van der Waals surface area contributed by atoms with Crippen LogP contribution in [-0.2, 0) is 11.2 Å². The summed E-state index contributed by atoms with van der Waals surface area (Å²) >= 11 is 6.08. The van der Waals surface area contributed by atoms with Gasteiger partial charge in [0.1, 0.15) is 12.4 Å². The number of carbonyl (C=O) groups is 3. The Hall–Kier alpha value is -4.11. The molecule has 0 aromatic heterocycles. The first-order valence-electron chi connectivity index (χ1n) is 12.0. The van der Waals surface area contributed by atoms with Crippen molar-refractivity contribution in [1.82, 2.24) is 4.90 Å². The molecule has 0 spiro atoms. The van der Waals surface area contributed by atoms with Gasteiger partial charge in [0.05, 0.1) is 22.7 Å². The smallest absolute Gasteiger partial charge is 0.335 e. The van der Waals surface area contributed by atoms with Gasteiger partial charge in [0, 0.05) is 18.7 Å². The molecule has 4 rings (SSSR count). The van der Waals surface area contributed by atoms with Crippen LogP contribution in [0.3, 0.4) is 0 Å². The molecule has 1 heterocycles. The summed E-state index contributed by atoms with van der Waals surface area (Å²) in [5.74, 6) is -3.07. The number of aromatic carboxylic acids is 1. The highest BCUT2D eigenvalue weighted by Gasteiger charge is 2.44. The normalized spacial score (nSPS) is 16.7. The number of para-hydroxylation sites is 1. The fourth-order valence-corrected chi connectivity index (χ4v) is 4.50. The molecule has 1 atom stereocenters. The number of hydrogen-bond acceptors (Lipinski definition) is 4. The number of hydrogen-bond donors (Lipinski definition) is 3. The summed E-state index contributed by atoms with van der Waals surface area (Å²) in [6.45, 7) is 1.73. The largest absolute Gasteiger partial charge is 0.488 e. The second kappa shape index (κ2) is 11.5. The Bertz CT molecular complexity index is 1350. The number of nitrogens with zero attached hydrogens (tertiary/aromatic N) is 1. The Kier molecular flexibility index (Phi) is 8.16. The van der Waals surface area contributed by atoms with Gasteiger partial charge in [0.15, 0.2) is 0 Å². The number of alkyl halides is 1. The molecule has 1 fully saturated rings. The number of likely N-dealkylation sites (tertiary alicyclic amines) is 1. The molecule has 3 N–H and O–H groups in total. The maximum atomic E-state index is 15.7. The third-order valence-electron chi connectivity index (χ3n) is 6.30. The summed E-state index contributed by atoms with van der Waals surface area (Å²) in [6.07, 6.45) is 0.645. The van der Waals surface area contributed by atoms with Crippen LogP contribution in [0.25, 0.3) is 0 Å². The highest BCUT2D eigenvalue weighted by Crippen LogP contribution is 2.33. The lowest BCUT2D eigenvalue weighted by atomic mass is 10.1. The van der Waals surface area contributed by atoms with Crippen LogP contribution in [0.2, 0.25) is 5.02 Å². The van der Waals surface area contributed by atoms with Crippen molar-refractivity contribution in [3.8, 4) is 5.75 Å². The molecule has 8 nitrogen and oxygen atoms in total. The van der Waals surface area contributed by atoms with Crippen molar-refractivity contribution in [2.24, 2.45) is 0 Å². The minimum atomic E-state index is -1.96. The van der Waals surface area contributed by atoms with Gasteiger partial charge < -0.3 is 25.4 Å². The molecular weight excluding hydrogens is 513 g/mol. The van der Waals surface area contributed by atoms with Crippen LogP contribution in [-0.4, -0.2) is 46.9 Å². The minimum Gasteiger partial charge on any atom is -0.488 e. The van der Waals surface area contributed by atoms with E-state index in [1.807, 2.05) is 0 Å². The highest BCUT2D eigenvalue weighted by atomic mass is 35.5. The van der Waals surface area contributed by atoms with Gasteiger partial charge in [-0.1, -0.05) is 35.9 Å². The van der Waals surface area contributed by atoms with Gasteiger partial charge in [-0.25, -0.2) is 14.0 Å². The van der Waals surface area contributed by atoms with Crippen molar-refractivity contribution in [3.63, 3.8) is 0 Å². The summed E-state index contributed by atoms with van der Waals surface area (Å²) < 4.78 is 21.3. The lowest BCUT2D eigenvalue weighted by Gasteiger charge is -2.31. The molecule has 0 radical (unpaired) electrons. The fraction of sp³-hybridized carbons (Fsp3) is 0.250. The lowest BCUT2D eigenvalue weighted by Crippen LogP contribution is -2.48. The van der Waals surface area contributed by atoms with E-state index in [9.17, 15) is 14.4 Å². The maximum Gasteiger partial charge on any atom is 0.335 e. The number of ether oxygens (including phenoxy) is 1. The molecule has 3 aromatic rings. The summed E-state index contributed by atoms with van der Waals surface area (Å²) in [5, 5.41) is 14.9. The standard InChI is InChI=1S/C28H27ClFN3O5/c1-18-15-19(7-12-23(18)31-27(37)32-24-6-3-2-5-22(24)29)16-25(34)33-14-4-13-28(33,30)17-38-21-10-8-20(9-11-21)26(35)36/h2-3,5-12,15H,4,13-14,16-17H2,1H3,(H,35,36)(H2,31,32,37)/t28-/m1/s1. The van der Waals surface area contributed by atoms with Crippen molar-refractivity contribution in [2.45, 2.75) is 32.0 Å². The Morgan fingerprint density at radius 1 is 1.05 bits per heavy atom. The first kappa shape index (κ1) is 26.9. The van der Waals surface area contributed by atoms with Crippen molar-refractivity contribution in [2.75, 3.05) is 23.8 Å². The van der Waals surface area contributed by atoms with Crippen LogP contribution in [0, 0.1) is 6.92 Å². The van der Waals surface area contributed by atoms with E-state index < -0.39 is 17.8 Å². The van der Waals surface area contributed by atoms with Crippen molar-refractivity contribution >= 4 is 40.9 Å². The van der Waals surface area contributed by atoms with E-state index in [0.29, 0.717) is 34.1 Å². The topological polar surface area (TPSA) is 108 Å². The van der Waals surface area contributed by atoms with Crippen LogP contribution in [0.15, 0.2) is 66.7 Å². The second-order valence-electron chi connectivity index (χ2n) is 9.07. The van der Waals surface area contributed by atoms with Crippen LogP contribution < -0.4 is 15.4 Å². The summed E-state index contributed by atoms with van der Waals surface area (Å²) in [6, 6.07) is 17.3.